The zero-order valence-electron chi connectivity index (χ0n) is 5.99. The van der Waals surface area contributed by atoms with Crippen LogP contribution in [-0.2, 0) is 9.47 Å². The lowest BCUT2D eigenvalue weighted by atomic mass is 10.1. The summed E-state index contributed by atoms with van der Waals surface area (Å²) in [6.07, 6.45) is -0.240. The van der Waals surface area contributed by atoms with Gasteiger partial charge in [0.2, 0.25) is 0 Å². The van der Waals surface area contributed by atoms with Gasteiger partial charge in [-0.05, 0) is 6.07 Å². The second kappa shape index (κ2) is 2.53. The zero-order chi connectivity index (χ0) is 7.68. The molecule has 3 heteroatoms. The fourth-order valence-corrected chi connectivity index (χ4v) is 1.04. The van der Waals surface area contributed by atoms with Crippen molar-refractivity contribution in [1.29, 1.82) is 0 Å². The summed E-state index contributed by atoms with van der Waals surface area (Å²) in [6, 6.07) is 7.54. The summed E-state index contributed by atoms with van der Waals surface area (Å²) >= 11 is 0. The first kappa shape index (κ1) is 6.64. The summed E-state index contributed by atoms with van der Waals surface area (Å²) in [5.74, 6) is 0. The maximum atomic E-state index is 5.67. The van der Waals surface area contributed by atoms with Gasteiger partial charge in [-0.1, -0.05) is 18.2 Å². The Labute approximate surface area is 64.7 Å². The van der Waals surface area contributed by atoms with Gasteiger partial charge in [0.15, 0.2) is 13.1 Å². The molecule has 3 nitrogen and oxygen atoms in total. The molecule has 1 aromatic carbocycles. The third-order valence-electron chi connectivity index (χ3n) is 1.69. The SMILES string of the molecule is Nc1ccccc1C1OCO1. The van der Waals surface area contributed by atoms with Crippen LogP contribution in [0.3, 0.4) is 0 Å². The highest BCUT2D eigenvalue weighted by atomic mass is 16.8. The van der Waals surface area contributed by atoms with Crippen molar-refractivity contribution in [2.45, 2.75) is 6.29 Å². The van der Waals surface area contributed by atoms with Crippen LogP contribution < -0.4 is 5.73 Å². The van der Waals surface area contributed by atoms with E-state index in [1.807, 2.05) is 24.3 Å². The Morgan fingerprint density at radius 2 is 2.00 bits per heavy atom. The van der Waals surface area contributed by atoms with E-state index in [1.54, 1.807) is 0 Å². The third kappa shape index (κ3) is 1.08. The van der Waals surface area contributed by atoms with Gasteiger partial charge >= 0.3 is 0 Å². The van der Waals surface area contributed by atoms with Crippen molar-refractivity contribution < 1.29 is 9.47 Å². The maximum Gasteiger partial charge on any atom is 0.191 e. The summed E-state index contributed by atoms with van der Waals surface area (Å²) in [6.45, 7) is 0.374. The van der Waals surface area contributed by atoms with E-state index in [2.05, 4.69) is 0 Å². The average Bonchev–Trinajstić information content (AvgIpc) is 1.90. The van der Waals surface area contributed by atoms with E-state index >= 15 is 0 Å². The van der Waals surface area contributed by atoms with E-state index in [-0.39, 0.29) is 6.29 Å². The van der Waals surface area contributed by atoms with E-state index in [4.69, 9.17) is 15.2 Å². The van der Waals surface area contributed by atoms with Crippen molar-refractivity contribution in [2.75, 3.05) is 12.5 Å². The average molecular weight is 151 g/mol. The number of benzene rings is 1. The van der Waals surface area contributed by atoms with Gasteiger partial charge in [0.1, 0.15) is 0 Å². The minimum atomic E-state index is -0.240. The molecule has 0 aliphatic carbocycles. The summed E-state index contributed by atoms with van der Waals surface area (Å²) < 4.78 is 10.2. The topological polar surface area (TPSA) is 44.5 Å². The molecule has 0 atom stereocenters. The van der Waals surface area contributed by atoms with Crippen LogP contribution in [0.2, 0.25) is 0 Å². The van der Waals surface area contributed by atoms with Crippen LogP contribution in [0.15, 0.2) is 24.3 Å². The molecular formula is C8H9NO2. The molecule has 0 aromatic heterocycles. The monoisotopic (exact) mass is 151 g/mol. The first-order valence-corrected chi connectivity index (χ1v) is 3.45. The molecule has 0 spiro atoms. The number of anilines is 1. The minimum absolute atomic E-state index is 0.240. The Balaban J connectivity index is 2.28. The van der Waals surface area contributed by atoms with Crippen LogP contribution in [-0.4, -0.2) is 6.79 Å². The van der Waals surface area contributed by atoms with Crippen molar-refractivity contribution in [1.82, 2.24) is 0 Å². The molecule has 2 N–H and O–H groups in total. The number of ether oxygens (including phenoxy) is 2. The number of para-hydroxylation sites is 1. The van der Waals surface area contributed by atoms with Crippen LogP contribution in [0, 0.1) is 0 Å². The van der Waals surface area contributed by atoms with Gasteiger partial charge in [0, 0.05) is 11.3 Å². The molecule has 0 unspecified atom stereocenters. The Morgan fingerprint density at radius 1 is 1.27 bits per heavy atom. The fraction of sp³-hybridized carbons (Fsp3) is 0.250. The highest BCUT2D eigenvalue weighted by Gasteiger charge is 2.22. The lowest BCUT2D eigenvalue weighted by Gasteiger charge is -2.27. The molecule has 1 aromatic rings. The Bertz CT molecular complexity index is 258. The molecule has 11 heavy (non-hydrogen) atoms. The predicted molar refractivity (Wildman–Crippen MR) is 40.6 cm³/mol. The Morgan fingerprint density at radius 3 is 2.55 bits per heavy atom. The summed E-state index contributed by atoms with van der Waals surface area (Å²) in [5.41, 5.74) is 7.31. The van der Waals surface area contributed by atoms with Gasteiger partial charge < -0.3 is 15.2 Å². The largest absolute Gasteiger partial charge is 0.398 e. The van der Waals surface area contributed by atoms with E-state index in [1.165, 1.54) is 0 Å². The van der Waals surface area contributed by atoms with E-state index in [0.29, 0.717) is 6.79 Å². The minimum Gasteiger partial charge on any atom is -0.398 e. The lowest BCUT2D eigenvalue weighted by Crippen LogP contribution is -2.22. The van der Waals surface area contributed by atoms with Gasteiger partial charge in [0.05, 0.1) is 0 Å². The van der Waals surface area contributed by atoms with E-state index < -0.39 is 0 Å². The molecule has 1 aliphatic rings. The molecule has 1 fully saturated rings. The van der Waals surface area contributed by atoms with Gasteiger partial charge in [0.25, 0.3) is 0 Å². The van der Waals surface area contributed by atoms with Crippen molar-refractivity contribution in [3.63, 3.8) is 0 Å². The zero-order valence-corrected chi connectivity index (χ0v) is 5.99. The van der Waals surface area contributed by atoms with E-state index in [9.17, 15) is 0 Å². The quantitative estimate of drug-likeness (QED) is 0.615. The first-order valence-electron chi connectivity index (χ1n) is 3.45. The highest BCUT2D eigenvalue weighted by molar-refractivity contribution is 5.47. The van der Waals surface area contributed by atoms with Crippen LogP contribution in [0.4, 0.5) is 5.69 Å². The van der Waals surface area contributed by atoms with Crippen LogP contribution >= 0.6 is 0 Å². The van der Waals surface area contributed by atoms with Crippen molar-refractivity contribution in [2.24, 2.45) is 0 Å². The van der Waals surface area contributed by atoms with Gasteiger partial charge in [-0.15, -0.1) is 0 Å². The second-order valence-electron chi connectivity index (χ2n) is 2.41. The lowest BCUT2D eigenvalue weighted by molar-refractivity contribution is -0.326. The molecule has 2 rings (SSSR count). The number of nitrogen functional groups attached to an aromatic ring is 1. The van der Waals surface area contributed by atoms with Crippen molar-refractivity contribution in [3.05, 3.63) is 29.8 Å². The molecule has 0 radical (unpaired) electrons. The molecule has 1 aliphatic heterocycles. The summed E-state index contributed by atoms with van der Waals surface area (Å²) in [7, 11) is 0. The number of rotatable bonds is 1. The molecule has 1 heterocycles. The molecular weight excluding hydrogens is 142 g/mol. The molecule has 1 saturated heterocycles. The molecule has 0 amide bonds. The summed E-state index contributed by atoms with van der Waals surface area (Å²) in [5, 5.41) is 0. The predicted octanol–water partition coefficient (Wildman–Crippen LogP) is 1.27. The second-order valence-corrected chi connectivity index (χ2v) is 2.41. The number of hydrogen-bond acceptors (Lipinski definition) is 3. The highest BCUT2D eigenvalue weighted by Crippen LogP contribution is 2.29. The van der Waals surface area contributed by atoms with Crippen LogP contribution in [0.1, 0.15) is 11.9 Å². The van der Waals surface area contributed by atoms with Crippen LogP contribution in [0.25, 0.3) is 0 Å². The third-order valence-corrected chi connectivity index (χ3v) is 1.69. The van der Waals surface area contributed by atoms with Gasteiger partial charge in [-0.25, -0.2) is 0 Å². The number of nitrogens with two attached hydrogens (primary N) is 1. The molecule has 0 bridgehead atoms. The molecule has 58 valence electrons. The standard InChI is InChI=1S/C8H9NO2/c9-7-4-2-1-3-6(7)8-10-5-11-8/h1-4,8H,5,9H2. The van der Waals surface area contributed by atoms with E-state index in [0.717, 1.165) is 11.3 Å². The molecule has 0 saturated carbocycles. The normalized spacial score (nSPS) is 17.8. The smallest absolute Gasteiger partial charge is 0.191 e. The number of hydrogen-bond donors (Lipinski definition) is 1. The fourth-order valence-electron chi connectivity index (χ4n) is 1.04. The Kier molecular flexibility index (Phi) is 1.52. The first-order chi connectivity index (χ1) is 5.38. The Hall–Kier alpha value is -1.06. The van der Waals surface area contributed by atoms with Gasteiger partial charge in [-0.2, -0.15) is 0 Å². The van der Waals surface area contributed by atoms with Crippen molar-refractivity contribution >= 4 is 5.69 Å². The summed E-state index contributed by atoms with van der Waals surface area (Å²) in [4.78, 5) is 0. The van der Waals surface area contributed by atoms with Crippen molar-refractivity contribution in [3.8, 4) is 0 Å². The van der Waals surface area contributed by atoms with Crippen LogP contribution in [0.5, 0.6) is 0 Å². The maximum absolute atomic E-state index is 5.67. The van der Waals surface area contributed by atoms with Gasteiger partial charge in [-0.3, -0.25) is 0 Å².